The third kappa shape index (κ3) is 5.60. The fourth-order valence-corrected chi connectivity index (χ4v) is 5.74. The maximum absolute atomic E-state index is 12.8. The molecule has 0 saturated carbocycles. The maximum atomic E-state index is 12.8. The fraction of sp³-hybridized carbons (Fsp3) is 0.375. The van der Waals surface area contributed by atoms with Gasteiger partial charge < -0.3 is 14.2 Å². The van der Waals surface area contributed by atoms with Crippen LogP contribution < -0.4 is 4.74 Å². The number of ether oxygens (including phenoxy) is 1. The summed E-state index contributed by atoms with van der Waals surface area (Å²) < 4.78 is 32.8. The van der Waals surface area contributed by atoms with E-state index in [0.717, 1.165) is 16.9 Å². The summed E-state index contributed by atoms with van der Waals surface area (Å²) in [6.07, 6.45) is 3.23. The number of hydrogen-bond acceptors (Lipinski definition) is 6. The Morgan fingerprint density at radius 2 is 1.73 bits per heavy atom. The summed E-state index contributed by atoms with van der Waals surface area (Å²) in [7, 11) is -1.92. The number of carbonyl (C=O) groups excluding carboxylic acids is 1. The molecule has 8 nitrogen and oxygen atoms in total. The third-order valence-electron chi connectivity index (χ3n) is 5.96. The first-order valence-electron chi connectivity index (χ1n) is 11.0. The molecule has 0 N–H and O–H groups in total. The molecule has 0 radical (unpaired) electrons. The normalized spacial score (nSPS) is 14.9. The largest absolute Gasteiger partial charge is 0.489 e. The molecule has 1 saturated heterocycles. The van der Waals surface area contributed by atoms with Gasteiger partial charge in [0.05, 0.1) is 5.25 Å². The molecule has 0 spiro atoms. The third-order valence-corrected chi connectivity index (χ3v) is 8.18. The average molecular weight is 469 g/mol. The molecule has 1 fully saturated rings. The summed E-state index contributed by atoms with van der Waals surface area (Å²) in [5.41, 5.74) is 2.18. The van der Waals surface area contributed by atoms with E-state index in [1.54, 1.807) is 11.9 Å². The first-order chi connectivity index (χ1) is 15.9. The molecule has 1 aliphatic rings. The Balaban J connectivity index is 1.23. The van der Waals surface area contributed by atoms with E-state index in [9.17, 15) is 13.2 Å². The van der Waals surface area contributed by atoms with Gasteiger partial charge in [-0.1, -0.05) is 42.5 Å². The minimum atomic E-state index is -3.54. The van der Waals surface area contributed by atoms with Gasteiger partial charge in [-0.2, -0.15) is 0 Å². The lowest BCUT2D eigenvalue weighted by Crippen LogP contribution is -2.43. The van der Waals surface area contributed by atoms with Crippen LogP contribution in [0.5, 0.6) is 5.75 Å². The van der Waals surface area contributed by atoms with Crippen molar-refractivity contribution in [3.05, 3.63) is 72.1 Å². The molecule has 3 aromatic rings. The Kier molecular flexibility index (Phi) is 7.08. The number of carbonyl (C=O) groups is 1. The van der Waals surface area contributed by atoms with Crippen molar-refractivity contribution in [2.75, 3.05) is 13.1 Å². The van der Waals surface area contributed by atoms with Crippen molar-refractivity contribution in [3.8, 4) is 5.75 Å². The van der Waals surface area contributed by atoms with E-state index in [-0.39, 0.29) is 11.1 Å². The van der Waals surface area contributed by atoms with Crippen LogP contribution >= 0.6 is 0 Å². The van der Waals surface area contributed by atoms with Crippen LogP contribution in [0.1, 0.15) is 30.4 Å². The van der Waals surface area contributed by atoms with Crippen molar-refractivity contribution in [1.82, 2.24) is 19.7 Å². The van der Waals surface area contributed by atoms with Crippen LogP contribution in [-0.2, 0) is 34.7 Å². The number of piperidine rings is 1. The zero-order valence-electron chi connectivity index (χ0n) is 18.6. The highest BCUT2D eigenvalue weighted by molar-refractivity contribution is 7.91. The van der Waals surface area contributed by atoms with Gasteiger partial charge in [-0.25, -0.2) is 8.42 Å². The lowest BCUT2D eigenvalue weighted by molar-refractivity contribution is -0.132. The van der Waals surface area contributed by atoms with Crippen molar-refractivity contribution in [1.29, 1.82) is 0 Å². The van der Waals surface area contributed by atoms with Crippen molar-refractivity contribution in [3.63, 3.8) is 0 Å². The summed E-state index contributed by atoms with van der Waals surface area (Å²) in [6.45, 7) is 1.39. The van der Waals surface area contributed by atoms with E-state index in [1.165, 1.54) is 10.9 Å². The van der Waals surface area contributed by atoms with E-state index in [2.05, 4.69) is 10.2 Å². The molecule has 4 rings (SSSR count). The first kappa shape index (κ1) is 23.0. The smallest absolute Gasteiger partial charge is 0.249 e. The number of sulfone groups is 1. The molecule has 1 aromatic heterocycles. The number of hydrogen-bond donors (Lipinski definition) is 0. The first-order valence-corrected chi connectivity index (χ1v) is 12.6. The number of likely N-dealkylation sites (tertiary alicyclic amines) is 1. The maximum Gasteiger partial charge on any atom is 0.249 e. The Morgan fingerprint density at radius 1 is 1.03 bits per heavy atom. The molecule has 2 heterocycles. The Hall–Kier alpha value is -3.20. The second-order valence-corrected chi connectivity index (χ2v) is 10.4. The molecule has 0 unspecified atom stereocenters. The van der Waals surface area contributed by atoms with Gasteiger partial charge in [-0.05, 0) is 42.5 Å². The fourth-order valence-electron chi connectivity index (χ4n) is 4.00. The molecule has 0 bridgehead atoms. The van der Waals surface area contributed by atoms with Crippen LogP contribution in [0.2, 0.25) is 0 Å². The van der Waals surface area contributed by atoms with E-state index < -0.39 is 15.1 Å². The standard InChI is InChI=1S/C24H28N4O4S/c1-27-18-25-26-24(27)33(30,31)22-13-15-28(16-14-22)23(29)12-9-19-7-10-21(11-8-19)32-17-20-5-3-2-4-6-20/h2-8,10-11,18,22H,9,12-17H2,1H3. The quantitative estimate of drug-likeness (QED) is 0.505. The zero-order valence-corrected chi connectivity index (χ0v) is 19.4. The minimum absolute atomic E-state index is 0.0107. The van der Waals surface area contributed by atoms with E-state index in [0.29, 0.717) is 45.4 Å². The SMILES string of the molecule is Cn1cnnc1S(=O)(=O)C1CCN(C(=O)CCc2ccc(OCc3ccccc3)cc2)CC1. The molecule has 174 valence electrons. The Labute approximate surface area is 194 Å². The lowest BCUT2D eigenvalue weighted by atomic mass is 10.1. The molecule has 2 aromatic carbocycles. The van der Waals surface area contributed by atoms with Crippen LogP contribution in [0.4, 0.5) is 0 Å². The molecular weight excluding hydrogens is 440 g/mol. The van der Waals surface area contributed by atoms with Crippen LogP contribution in [0.25, 0.3) is 0 Å². The number of benzene rings is 2. The minimum Gasteiger partial charge on any atom is -0.489 e. The molecule has 33 heavy (non-hydrogen) atoms. The number of aromatic nitrogens is 3. The summed E-state index contributed by atoms with van der Waals surface area (Å²) in [5.74, 6) is 0.842. The lowest BCUT2D eigenvalue weighted by Gasteiger charge is -2.31. The number of rotatable bonds is 8. The summed E-state index contributed by atoms with van der Waals surface area (Å²) in [4.78, 5) is 14.4. The number of nitrogens with zero attached hydrogens (tertiary/aromatic N) is 4. The van der Waals surface area contributed by atoms with Crippen molar-refractivity contribution >= 4 is 15.7 Å². The Bertz CT molecular complexity index is 1170. The highest BCUT2D eigenvalue weighted by Crippen LogP contribution is 2.24. The van der Waals surface area contributed by atoms with E-state index >= 15 is 0 Å². The monoisotopic (exact) mass is 468 g/mol. The summed E-state index contributed by atoms with van der Waals surface area (Å²) in [5, 5.41) is 6.87. The van der Waals surface area contributed by atoms with Gasteiger partial charge in [-0.15, -0.1) is 10.2 Å². The van der Waals surface area contributed by atoms with E-state index in [1.807, 2.05) is 54.6 Å². The average Bonchev–Trinajstić information content (AvgIpc) is 3.29. The predicted octanol–water partition coefficient (Wildman–Crippen LogP) is 2.79. The number of aryl methyl sites for hydroxylation is 2. The molecule has 1 aliphatic heterocycles. The molecule has 1 amide bonds. The summed E-state index contributed by atoms with van der Waals surface area (Å²) >= 11 is 0. The predicted molar refractivity (Wildman–Crippen MR) is 123 cm³/mol. The Morgan fingerprint density at radius 3 is 2.36 bits per heavy atom. The van der Waals surface area contributed by atoms with Gasteiger partial charge in [-0.3, -0.25) is 4.79 Å². The van der Waals surface area contributed by atoms with Gasteiger partial charge in [0.15, 0.2) is 0 Å². The van der Waals surface area contributed by atoms with Gasteiger partial charge in [0.2, 0.25) is 20.9 Å². The van der Waals surface area contributed by atoms with Crippen molar-refractivity contribution in [2.24, 2.45) is 7.05 Å². The van der Waals surface area contributed by atoms with Gasteiger partial charge in [0.25, 0.3) is 0 Å². The zero-order chi connectivity index (χ0) is 23.3. The van der Waals surface area contributed by atoms with Crippen molar-refractivity contribution in [2.45, 2.75) is 42.7 Å². The van der Waals surface area contributed by atoms with Crippen molar-refractivity contribution < 1.29 is 17.9 Å². The van der Waals surface area contributed by atoms with Gasteiger partial charge in [0, 0.05) is 26.6 Å². The molecule has 0 aliphatic carbocycles. The second kappa shape index (κ2) is 10.2. The molecule has 9 heteroatoms. The van der Waals surface area contributed by atoms with Gasteiger partial charge >= 0.3 is 0 Å². The second-order valence-electron chi connectivity index (χ2n) is 8.27. The van der Waals surface area contributed by atoms with Crippen LogP contribution in [-0.4, -0.2) is 52.3 Å². The van der Waals surface area contributed by atoms with E-state index in [4.69, 9.17) is 4.74 Å². The van der Waals surface area contributed by atoms with Crippen LogP contribution in [0, 0.1) is 0 Å². The van der Waals surface area contributed by atoms with Crippen LogP contribution in [0.15, 0.2) is 66.1 Å². The highest BCUT2D eigenvalue weighted by atomic mass is 32.2. The summed E-state index contributed by atoms with van der Waals surface area (Å²) in [6, 6.07) is 17.8. The molecular formula is C24H28N4O4S. The van der Waals surface area contributed by atoms with Crippen LogP contribution in [0.3, 0.4) is 0 Å². The van der Waals surface area contributed by atoms with Gasteiger partial charge in [0.1, 0.15) is 18.7 Å². The topological polar surface area (TPSA) is 94.4 Å². The molecule has 0 atom stereocenters. The number of amides is 1. The highest BCUT2D eigenvalue weighted by Gasteiger charge is 2.35.